The fourth-order valence-corrected chi connectivity index (χ4v) is 0.153. The van der Waals surface area contributed by atoms with Gasteiger partial charge in [0.15, 0.2) is 0 Å². The molecule has 0 aromatic heterocycles. The quantitative estimate of drug-likeness (QED) is 0.496. The summed E-state index contributed by atoms with van der Waals surface area (Å²) >= 11 is 4.65. The molecule has 2 nitrogen and oxygen atoms in total. The molecule has 4 N–H and O–H groups in total. The second kappa shape index (κ2) is 5.15. The van der Waals surface area contributed by atoms with E-state index in [0.717, 1.165) is 0 Å². The van der Waals surface area contributed by atoms with Gasteiger partial charge < -0.3 is 11.5 Å². The van der Waals surface area contributed by atoms with Gasteiger partial charge in [0.2, 0.25) is 0 Å². The monoisotopic (exact) mass is 132 g/mol. The fraction of sp³-hybridized carbons (Fsp3) is 0.800. The van der Waals surface area contributed by atoms with Crippen LogP contribution in [-0.4, -0.2) is 18.0 Å². The van der Waals surface area contributed by atoms with E-state index >= 15 is 0 Å². The third-order valence-corrected chi connectivity index (χ3v) is 1.03. The lowest BCUT2D eigenvalue weighted by Gasteiger charge is -1.72. The van der Waals surface area contributed by atoms with Crippen LogP contribution in [0.5, 0.6) is 0 Å². The Balaban J connectivity index is 0.000000122. The van der Waals surface area contributed by atoms with Crippen LogP contribution in [0.3, 0.4) is 0 Å². The average molecular weight is 132 g/mol. The van der Waals surface area contributed by atoms with E-state index in [0.29, 0.717) is 13.1 Å². The zero-order valence-electron chi connectivity index (χ0n) is 4.89. The Hall–Kier alpha value is 0.0100. The van der Waals surface area contributed by atoms with Crippen molar-refractivity contribution in [1.82, 2.24) is 0 Å². The Kier molecular flexibility index (Phi) is 5.16. The summed E-state index contributed by atoms with van der Waals surface area (Å²) in [5.41, 5.74) is 9.81. The predicted octanol–water partition coefficient (Wildman–Crippen LogP) is 0.0539. The van der Waals surface area contributed by atoms with Crippen molar-refractivity contribution in [2.75, 3.05) is 13.1 Å². The van der Waals surface area contributed by atoms with Crippen LogP contribution in [0.4, 0.5) is 0 Å². The molecule has 48 valence electrons. The number of hydrogen-bond donors (Lipinski definition) is 2. The summed E-state index contributed by atoms with van der Waals surface area (Å²) in [5.74, 6) is 0. The van der Waals surface area contributed by atoms with Gasteiger partial charge in [-0.15, -0.1) is 0 Å². The van der Waals surface area contributed by atoms with Gasteiger partial charge in [0.1, 0.15) is 0 Å². The third kappa shape index (κ3) is 9.38. The first kappa shape index (κ1) is 8.01. The molecule has 0 unspecified atom stereocenters. The van der Waals surface area contributed by atoms with Crippen LogP contribution in [-0.2, 0) is 0 Å². The largest absolute Gasteiger partial charge is 0.329 e. The summed E-state index contributed by atoms with van der Waals surface area (Å²) in [6.07, 6.45) is 2.44. The molecule has 1 saturated carbocycles. The van der Waals surface area contributed by atoms with Crippen molar-refractivity contribution < 1.29 is 0 Å². The molecule has 0 aliphatic heterocycles. The zero-order chi connectivity index (χ0) is 6.41. The van der Waals surface area contributed by atoms with Crippen molar-refractivity contribution in [3.8, 4) is 0 Å². The van der Waals surface area contributed by atoms with Gasteiger partial charge in [0, 0.05) is 13.1 Å². The minimum atomic E-state index is 0.597. The van der Waals surface area contributed by atoms with E-state index < -0.39 is 0 Å². The summed E-state index contributed by atoms with van der Waals surface area (Å²) in [5, 5.41) is 0. The molecule has 8 heavy (non-hydrogen) atoms. The Morgan fingerprint density at radius 2 is 1.50 bits per heavy atom. The van der Waals surface area contributed by atoms with Crippen molar-refractivity contribution in [2.45, 2.75) is 12.8 Å². The normalized spacial score (nSPS) is 14.5. The van der Waals surface area contributed by atoms with Gasteiger partial charge in [0.05, 0.1) is 0 Å². The second-order valence-electron chi connectivity index (χ2n) is 1.62. The van der Waals surface area contributed by atoms with E-state index in [9.17, 15) is 0 Å². The first-order chi connectivity index (χ1) is 3.81. The number of thiocarbonyl (C=S) groups is 1. The molecule has 0 amide bonds. The van der Waals surface area contributed by atoms with Crippen molar-refractivity contribution >= 4 is 17.1 Å². The predicted molar refractivity (Wildman–Crippen MR) is 39.9 cm³/mol. The third-order valence-electron chi connectivity index (χ3n) is 0.621. The first-order valence-electron chi connectivity index (χ1n) is 2.73. The highest BCUT2D eigenvalue weighted by molar-refractivity contribution is 7.81. The molecule has 1 aliphatic rings. The average Bonchev–Trinajstić information content (AvgIpc) is 2.52. The van der Waals surface area contributed by atoms with Crippen LogP contribution in [0.25, 0.3) is 0 Å². The van der Waals surface area contributed by atoms with Gasteiger partial charge in [-0.3, -0.25) is 0 Å². The molecule has 0 spiro atoms. The highest BCUT2D eigenvalue weighted by atomic mass is 32.1. The molecule has 0 aromatic rings. The highest BCUT2D eigenvalue weighted by Gasteiger charge is 2.07. The maximum Gasteiger partial charge on any atom is 0.00461 e. The van der Waals surface area contributed by atoms with E-state index in [4.69, 9.17) is 11.5 Å². The molecule has 0 bridgehead atoms. The molecular weight excluding hydrogens is 120 g/mol. The SMILES string of the molecule is NCCN.S=C1CC1. The Morgan fingerprint density at radius 1 is 1.25 bits per heavy atom. The summed E-state index contributed by atoms with van der Waals surface area (Å²) in [6, 6.07) is 0. The van der Waals surface area contributed by atoms with E-state index in [1.54, 1.807) is 0 Å². The van der Waals surface area contributed by atoms with Gasteiger partial charge in [-0.05, 0) is 17.7 Å². The van der Waals surface area contributed by atoms with Gasteiger partial charge in [-0.25, -0.2) is 0 Å². The lowest BCUT2D eigenvalue weighted by molar-refractivity contribution is 0.976. The smallest absolute Gasteiger partial charge is 0.00461 e. The van der Waals surface area contributed by atoms with Crippen molar-refractivity contribution in [2.24, 2.45) is 11.5 Å². The molecule has 0 radical (unpaired) electrons. The minimum Gasteiger partial charge on any atom is -0.329 e. The van der Waals surface area contributed by atoms with Crippen molar-refractivity contribution in [3.05, 3.63) is 0 Å². The van der Waals surface area contributed by atoms with Crippen LogP contribution in [0, 0.1) is 0 Å². The van der Waals surface area contributed by atoms with E-state index in [-0.39, 0.29) is 0 Å². The molecule has 0 atom stereocenters. The maximum absolute atomic E-state index is 4.90. The molecule has 0 saturated heterocycles. The molecular formula is C5H12N2S. The number of rotatable bonds is 1. The molecule has 3 heteroatoms. The fourth-order valence-electron chi connectivity index (χ4n) is 0.0510. The van der Waals surface area contributed by atoms with Crippen LogP contribution in [0.15, 0.2) is 0 Å². The van der Waals surface area contributed by atoms with Crippen molar-refractivity contribution in [3.63, 3.8) is 0 Å². The maximum atomic E-state index is 4.90. The Labute approximate surface area is 55.2 Å². The molecule has 1 fully saturated rings. The van der Waals surface area contributed by atoms with Crippen LogP contribution < -0.4 is 11.5 Å². The molecule has 1 aliphatic carbocycles. The summed E-state index contributed by atoms with van der Waals surface area (Å²) < 4.78 is 0. The highest BCUT2D eigenvalue weighted by Crippen LogP contribution is 2.12. The van der Waals surface area contributed by atoms with Crippen molar-refractivity contribution in [1.29, 1.82) is 0 Å². The molecule has 0 aromatic carbocycles. The van der Waals surface area contributed by atoms with Crippen LogP contribution >= 0.6 is 12.2 Å². The number of nitrogens with two attached hydrogens (primary N) is 2. The summed E-state index contributed by atoms with van der Waals surface area (Å²) in [4.78, 5) is 1.25. The minimum absolute atomic E-state index is 0.597. The second-order valence-corrected chi connectivity index (χ2v) is 2.19. The Bertz CT molecular complexity index is 64.8. The van der Waals surface area contributed by atoms with E-state index in [1.807, 2.05) is 0 Å². The van der Waals surface area contributed by atoms with Gasteiger partial charge in [0.25, 0.3) is 0 Å². The lowest BCUT2D eigenvalue weighted by atomic mass is 10.7. The summed E-state index contributed by atoms with van der Waals surface area (Å²) in [6.45, 7) is 1.19. The van der Waals surface area contributed by atoms with E-state index in [1.165, 1.54) is 17.7 Å². The summed E-state index contributed by atoms with van der Waals surface area (Å²) in [7, 11) is 0. The Morgan fingerprint density at radius 3 is 1.50 bits per heavy atom. The van der Waals surface area contributed by atoms with Gasteiger partial charge in [-0.2, -0.15) is 0 Å². The van der Waals surface area contributed by atoms with Gasteiger partial charge in [-0.1, -0.05) is 12.2 Å². The lowest BCUT2D eigenvalue weighted by Crippen LogP contribution is -2.11. The molecule has 0 heterocycles. The standard InChI is InChI=1S/C3H4S.C2H8N2/c4-3-1-2-3;3-1-2-4/h1-2H2;1-4H2. The molecule has 1 rings (SSSR count). The number of hydrogen-bond acceptors (Lipinski definition) is 3. The van der Waals surface area contributed by atoms with Crippen LogP contribution in [0.2, 0.25) is 0 Å². The van der Waals surface area contributed by atoms with Crippen LogP contribution in [0.1, 0.15) is 12.8 Å². The first-order valence-corrected chi connectivity index (χ1v) is 3.14. The van der Waals surface area contributed by atoms with Gasteiger partial charge >= 0.3 is 0 Å². The topological polar surface area (TPSA) is 52.0 Å². The van der Waals surface area contributed by atoms with E-state index in [2.05, 4.69) is 12.2 Å². The zero-order valence-corrected chi connectivity index (χ0v) is 5.71.